The quantitative estimate of drug-likeness (QED) is 0.537. The first-order valence-electron chi connectivity index (χ1n) is 8.41. The number of thiazole rings is 1. The van der Waals surface area contributed by atoms with Crippen LogP contribution in [0.25, 0.3) is 22.2 Å². The number of pyridine rings is 1. The predicted octanol–water partition coefficient (Wildman–Crippen LogP) is 3.91. The predicted molar refractivity (Wildman–Crippen MR) is 108 cm³/mol. The minimum absolute atomic E-state index is 0.196. The van der Waals surface area contributed by atoms with Gasteiger partial charge in [0, 0.05) is 10.9 Å². The fourth-order valence-corrected chi connectivity index (χ4v) is 5.54. The highest BCUT2D eigenvalue weighted by molar-refractivity contribution is 7.89. The van der Waals surface area contributed by atoms with Crippen LogP contribution in [0.15, 0.2) is 64.8 Å². The largest absolute Gasteiger partial charge is 0.321 e. The Kier molecular flexibility index (Phi) is 4.82. The second kappa shape index (κ2) is 7.29. The van der Waals surface area contributed by atoms with Gasteiger partial charge in [-0.25, -0.2) is 17.8 Å². The maximum atomic E-state index is 13.0. The fraction of sp³-hybridized carbons (Fsp3) is 0.100. The molecule has 28 heavy (non-hydrogen) atoms. The van der Waals surface area contributed by atoms with Gasteiger partial charge in [0.2, 0.25) is 0 Å². The average Bonchev–Trinajstić information content (AvgIpc) is 3.10. The van der Waals surface area contributed by atoms with Crippen molar-refractivity contribution in [1.29, 1.82) is 0 Å². The Hall–Kier alpha value is -2.84. The third-order valence-electron chi connectivity index (χ3n) is 4.22. The van der Waals surface area contributed by atoms with Crippen molar-refractivity contribution in [2.24, 2.45) is 0 Å². The summed E-state index contributed by atoms with van der Waals surface area (Å²) < 4.78 is 37.9. The van der Waals surface area contributed by atoms with Gasteiger partial charge in [-0.2, -0.15) is 0 Å². The minimum atomic E-state index is -3.47. The van der Waals surface area contributed by atoms with Crippen molar-refractivity contribution in [2.75, 3.05) is 0 Å². The fourth-order valence-electron chi connectivity index (χ4n) is 2.91. The van der Waals surface area contributed by atoms with E-state index in [1.165, 1.54) is 35.6 Å². The molecule has 0 bridgehead atoms. The van der Waals surface area contributed by atoms with E-state index in [2.05, 4.69) is 9.97 Å². The Morgan fingerprint density at radius 1 is 1.04 bits per heavy atom. The Bertz CT molecular complexity index is 1310. The van der Waals surface area contributed by atoms with Crippen LogP contribution in [-0.4, -0.2) is 18.4 Å². The Labute approximate surface area is 164 Å². The molecular weight excluding hydrogens is 399 g/mol. The number of benzene rings is 2. The number of para-hydroxylation sites is 1. The molecule has 0 fully saturated rings. The van der Waals surface area contributed by atoms with Gasteiger partial charge in [0.25, 0.3) is 5.56 Å². The van der Waals surface area contributed by atoms with Crippen LogP contribution in [0.5, 0.6) is 0 Å². The van der Waals surface area contributed by atoms with Crippen molar-refractivity contribution in [3.63, 3.8) is 0 Å². The molecule has 0 aliphatic carbocycles. The summed E-state index contributed by atoms with van der Waals surface area (Å²) in [5.74, 6) is -0.842. The Morgan fingerprint density at radius 2 is 1.79 bits per heavy atom. The minimum Gasteiger partial charge on any atom is -0.321 e. The number of hydrogen-bond acceptors (Lipinski definition) is 5. The molecule has 0 radical (unpaired) electrons. The molecule has 0 unspecified atom stereocenters. The number of halogens is 1. The molecule has 5 nitrogen and oxygen atoms in total. The van der Waals surface area contributed by atoms with E-state index in [9.17, 15) is 17.6 Å². The molecule has 0 spiro atoms. The molecular formula is C20H15FN2O3S2. The van der Waals surface area contributed by atoms with E-state index in [4.69, 9.17) is 0 Å². The number of H-pyrrole nitrogens is 1. The first-order valence-corrected chi connectivity index (χ1v) is 11.1. The number of nitrogens with one attached hydrogen (secondary N) is 1. The lowest BCUT2D eigenvalue weighted by Crippen LogP contribution is -2.09. The molecule has 0 atom stereocenters. The van der Waals surface area contributed by atoms with Crippen LogP contribution >= 0.6 is 11.3 Å². The summed E-state index contributed by atoms with van der Waals surface area (Å²) in [5.41, 5.74) is 1.82. The van der Waals surface area contributed by atoms with Crippen LogP contribution in [0, 0.1) is 5.82 Å². The molecule has 4 rings (SSSR count). The van der Waals surface area contributed by atoms with Crippen LogP contribution in [0.4, 0.5) is 4.39 Å². The van der Waals surface area contributed by atoms with Crippen molar-refractivity contribution < 1.29 is 12.8 Å². The van der Waals surface area contributed by atoms with E-state index in [0.717, 1.165) is 10.9 Å². The van der Waals surface area contributed by atoms with Crippen molar-refractivity contribution in [3.8, 4) is 11.3 Å². The average molecular weight is 414 g/mol. The lowest BCUT2D eigenvalue weighted by Gasteiger charge is -2.03. The standard InChI is InChI=1S/C20H15FN2O3S2/c21-15-7-5-13(6-8-15)11-28(25,26)12-19-22-18(10-27-19)16-9-14-3-1-2-4-17(14)23-20(16)24/h1-10H,11-12H2,(H,23,24). The third kappa shape index (κ3) is 4.02. The first-order chi connectivity index (χ1) is 13.4. The molecule has 0 saturated heterocycles. The van der Waals surface area contributed by atoms with Gasteiger partial charge in [-0.1, -0.05) is 30.3 Å². The summed E-state index contributed by atoms with van der Waals surface area (Å²) in [5, 5.41) is 2.96. The van der Waals surface area contributed by atoms with Crippen LogP contribution in [0.1, 0.15) is 10.6 Å². The highest BCUT2D eigenvalue weighted by Gasteiger charge is 2.17. The van der Waals surface area contributed by atoms with Crippen molar-refractivity contribution in [2.45, 2.75) is 11.5 Å². The number of aromatic nitrogens is 2. The Morgan fingerprint density at radius 3 is 2.57 bits per heavy atom. The molecule has 1 N–H and O–H groups in total. The zero-order valence-corrected chi connectivity index (χ0v) is 16.2. The number of sulfone groups is 1. The molecule has 142 valence electrons. The van der Waals surface area contributed by atoms with Gasteiger partial charge in [0.05, 0.1) is 17.0 Å². The second-order valence-electron chi connectivity index (χ2n) is 6.38. The molecule has 0 aliphatic heterocycles. The third-order valence-corrected chi connectivity index (χ3v) is 6.74. The monoisotopic (exact) mass is 414 g/mol. The van der Waals surface area contributed by atoms with E-state index < -0.39 is 15.7 Å². The zero-order valence-electron chi connectivity index (χ0n) is 14.6. The second-order valence-corrected chi connectivity index (χ2v) is 9.39. The van der Waals surface area contributed by atoms with Crippen molar-refractivity contribution >= 4 is 32.1 Å². The van der Waals surface area contributed by atoms with Crippen LogP contribution in [0.2, 0.25) is 0 Å². The summed E-state index contributed by atoms with van der Waals surface area (Å²) in [6.07, 6.45) is 0. The summed E-state index contributed by atoms with van der Waals surface area (Å²) in [4.78, 5) is 19.5. The molecule has 0 saturated carbocycles. The molecule has 4 aromatic rings. The van der Waals surface area contributed by atoms with E-state index in [1.807, 2.05) is 24.3 Å². The number of aromatic amines is 1. The molecule has 2 aromatic heterocycles. The van der Waals surface area contributed by atoms with Gasteiger partial charge in [-0.3, -0.25) is 4.79 Å². The zero-order chi connectivity index (χ0) is 19.7. The number of rotatable bonds is 5. The highest BCUT2D eigenvalue weighted by atomic mass is 32.2. The Balaban J connectivity index is 1.58. The van der Waals surface area contributed by atoms with Crippen LogP contribution < -0.4 is 5.56 Å². The lowest BCUT2D eigenvalue weighted by molar-refractivity contribution is 0.594. The molecule has 0 amide bonds. The molecule has 2 heterocycles. The van der Waals surface area contributed by atoms with Crippen LogP contribution in [-0.2, 0) is 21.3 Å². The molecule has 8 heteroatoms. The van der Waals surface area contributed by atoms with E-state index >= 15 is 0 Å². The normalized spacial score (nSPS) is 11.8. The van der Waals surface area contributed by atoms with Crippen molar-refractivity contribution in [3.05, 3.63) is 86.7 Å². The SMILES string of the molecule is O=c1[nH]c2ccccc2cc1-c1csc(CS(=O)(=O)Cc2ccc(F)cc2)n1. The number of fused-ring (bicyclic) bond motifs is 1. The molecule has 2 aromatic carbocycles. The smallest absolute Gasteiger partial charge is 0.257 e. The topological polar surface area (TPSA) is 79.9 Å². The van der Waals surface area contributed by atoms with E-state index in [-0.39, 0.29) is 17.1 Å². The summed E-state index contributed by atoms with van der Waals surface area (Å²) in [7, 11) is -3.47. The lowest BCUT2D eigenvalue weighted by atomic mass is 10.1. The highest BCUT2D eigenvalue weighted by Crippen LogP contribution is 2.23. The van der Waals surface area contributed by atoms with Crippen LogP contribution in [0.3, 0.4) is 0 Å². The van der Waals surface area contributed by atoms with Gasteiger partial charge in [0.15, 0.2) is 9.84 Å². The number of nitrogens with zero attached hydrogens (tertiary/aromatic N) is 1. The van der Waals surface area contributed by atoms with E-state index in [0.29, 0.717) is 21.8 Å². The van der Waals surface area contributed by atoms with Gasteiger partial charge in [-0.05, 0) is 35.2 Å². The summed E-state index contributed by atoms with van der Waals surface area (Å²) in [6.45, 7) is 0. The summed E-state index contributed by atoms with van der Waals surface area (Å²) in [6, 6.07) is 14.5. The van der Waals surface area contributed by atoms with E-state index in [1.54, 1.807) is 11.4 Å². The molecule has 0 aliphatic rings. The maximum absolute atomic E-state index is 13.0. The van der Waals surface area contributed by atoms with Gasteiger partial charge >= 0.3 is 0 Å². The van der Waals surface area contributed by atoms with Crippen molar-refractivity contribution in [1.82, 2.24) is 9.97 Å². The maximum Gasteiger partial charge on any atom is 0.257 e. The van der Waals surface area contributed by atoms with Gasteiger partial charge in [-0.15, -0.1) is 11.3 Å². The number of hydrogen-bond donors (Lipinski definition) is 1. The van der Waals surface area contributed by atoms with Gasteiger partial charge in [0.1, 0.15) is 16.6 Å². The summed E-state index contributed by atoms with van der Waals surface area (Å²) >= 11 is 1.20. The first kappa shape index (κ1) is 18.5. The van der Waals surface area contributed by atoms with Gasteiger partial charge < -0.3 is 4.98 Å².